The highest BCUT2D eigenvalue weighted by Gasteiger charge is 2.52. The lowest BCUT2D eigenvalue weighted by molar-refractivity contribution is -0.138. The van der Waals surface area contributed by atoms with Gasteiger partial charge in [0.2, 0.25) is 0 Å². The first-order valence-electron chi connectivity index (χ1n) is 9.37. The molecule has 0 amide bonds. The predicted molar refractivity (Wildman–Crippen MR) is 120 cm³/mol. The number of hydrogen-bond acceptors (Lipinski definition) is 4. The van der Waals surface area contributed by atoms with Gasteiger partial charge in [0, 0.05) is 7.11 Å². The Kier molecular flexibility index (Phi) is 7.88. The molecule has 0 aliphatic carbocycles. The van der Waals surface area contributed by atoms with Crippen molar-refractivity contribution in [2.75, 3.05) is 13.3 Å². The third-order valence-electron chi connectivity index (χ3n) is 4.86. The van der Waals surface area contributed by atoms with Crippen LogP contribution in [0.2, 0.25) is 5.04 Å². The molecule has 0 aromatic heterocycles. The lowest BCUT2D eigenvalue weighted by atomic mass is 10.2. The molecule has 0 saturated heterocycles. The van der Waals surface area contributed by atoms with E-state index in [1.165, 1.54) is 7.11 Å². The van der Waals surface area contributed by atoms with Crippen LogP contribution in [0.15, 0.2) is 60.7 Å². The van der Waals surface area contributed by atoms with Gasteiger partial charge < -0.3 is 14.1 Å². The Bertz CT molecular complexity index is 815. The molecule has 1 N–H and O–H groups in total. The van der Waals surface area contributed by atoms with Gasteiger partial charge in [-0.25, -0.2) is 0 Å². The molecule has 2 aromatic rings. The maximum Gasteiger partial charge on any atom is 0.305 e. The number of halogens is 1. The van der Waals surface area contributed by atoms with E-state index in [9.17, 15) is 14.5 Å². The molecule has 0 aliphatic rings. The largest absolute Gasteiger partial charge is 0.481 e. The van der Waals surface area contributed by atoms with Gasteiger partial charge in [-0.15, -0.1) is 0 Å². The molecule has 5 nitrogen and oxygen atoms in total. The van der Waals surface area contributed by atoms with Crippen molar-refractivity contribution in [3.05, 3.63) is 60.7 Å². The zero-order chi connectivity index (χ0) is 21.7. The maximum absolute atomic E-state index is 12.5. The minimum absolute atomic E-state index is 0.179. The quantitative estimate of drug-likeness (QED) is 0.446. The van der Waals surface area contributed by atoms with E-state index < -0.39 is 27.1 Å². The Balaban J connectivity index is 2.68. The minimum atomic E-state index is -3.50. The van der Waals surface area contributed by atoms with Crippen molar-refractivity contribution in [1.29, 1.82) is 0 Å². The Morgan fingerprint density at radius 3 is 1.86 bits per heavy atom. The summed E-state index contributed by atoms with van der Waals surface area (Å²) in [7, 11) is -1.73. The van der Waals surface area contributed by atoms with Crippen molar-refractivity contribution in [2.24, 2.45) is 0 Å². The summed E-state index contributed by atoms with van der Waals surface area (Å²) >= 11 is 6.01. The van der Waals surface area contributed by atoms with Crippen LogP contribution in [0.1, 0.15) is 27.2 Å². The van der Waals surface area contributed by atoms with E-state index in [1.807, 2.05) is 60.7 Å². The topological polar surface area (TPSA) is 72.8 Å². The SMILES string of the molecule is COP(=O)(Cl)CC(CC(=O)O)O[Si](c1ccccc1)(c1ccccc1)C(C)(C)C. The second kappa shape index (κ2) is 9.58. The monoisotopic (exact) mass is 454 g/mol. The van der Waals surface area contributed by atoms with Gasteiger partial charge in [-0.3, -0.25) is 9.36 Å². The fourth-order valence-corrected chi connectivity index (χ4v) is 9.72. The molecule has 2 atom stereocenters. The van der Waals surface area contributed by atoms with Crippen molar-refractivity contribution >= 4 is 42.6 Å². The van der Waals surface area contributed by atoms with Gasteiger partial charge >= 0.3 is 5.97 Å². The van der Waals surface area contributed by atoms with E-state index in [1.54, 1.807) is 0 Å². The first kappa shape index (κ1) is 23.8. The van der Waals surface area contributed by atoms with Crippen molar-refractivity contribution < 1.29 is 23.4 Å². The van der Waals surface area contributed by atoms with Crippen LogP contribution in [0.4, 0.5) is 0 Å². The number of carboxylic acid groups (broad SMARTS) is 1. The fraction of sp³-hybridized carbons (Fsp3) is 0.381. The van der Waals surface area contributed by atoms with Crippen molar-refractivity contribution in [2.45, 2.75) is 38.3 Å². The molecule has 8 heteroatoms. The Morgan fingerprint density at radius 1 is 1.07 bits per heavy atom. The summed E-state index contributed by atoms with van der Waals surface area (Å²) in [5.41, 5.74) is 0. The first-order chi connectivity index (χ1) is 13.5. The summed E-state index contributed by atoms with van der Waals surface area (Å²) in [4.78, 5) is 11.6. The smallest absolute Gasteiger partial charge is 0.305 e. The van der Waals surface area contributed by atoms with E-state index >= 15 is 0 Å². The summed E-state index contributed by atoms with van der Waals surface area (Å²) in [6, 6.07) is 19.7. The molecule has 0 aliphatic heterocycles. The highest BCUT2D eigenvalue weighted by Crippen LogP contribution is 2.53. The molecule has 0 radical (unpaired) electrons. The summed E-state index contributed by atoms with van der Waals surface area (Å²) in [5, 5.41) is 11.1. The molecule has 0 spiro atoms. The lowest BCUT2D eigenvalue weighted by Crippen LogP contribution is -2.68. The van der Waals surface area contributed by atoms with Crippen LogP contribution in [0.5, 0.6) is 0 Å². The van der Waals surface area contributed by atoms with Gasteiger partial charge in [0.1, 0.15) is 0 Å². The third-order valence-corrected chi connectivity index (χ3v) is 12.2. The minimum Gasteiger partial charge on any atom is -0.481 e. The van der Waals surface area contributed by atoms with Crippen molar-refractivity contribution in [3.63, 3.8) is 0 Å². The average Bonchev–Trinajstić information content (AvgIpc) is 2.65. The predicted octanol–water partition coefficient (Wildman–Crippen LogP) is 4.48. The summed E-state index contributed by atoms with van der Waals surface area (Å²) < 4.78 is 24.1. The highest BCUT2D eigenvalue weighted by molar-refractivity contribution is 7.85. The lowest BCUT2D eigenvalue weighted by Gasteiger charge is -2.45. The Labute approximate surface area is 178 Å². The molecule has 0 bridgehead atoms. The van der Waals surface area contributed by atoms with Crippen molar-refractivity contribution in [3.8, 4) is 0 Å². The van der Waals surface area contributed by atoms with Crippen molar-refractivity contribution in [1.82, 2.24) is 0 Å². The summed E-state index contributed by atoms with van der Waals surface area (Å²) in [5.74, 6) is -1.04. The zero-order valence-corrected chi connectivity index (χ0v) is 19.8. The summed E-state index contributed by atoms with van der Waals surface area (Å²) in [6.45, 7) is 2.77. The van der Waals surface area contributed by atoms with Crippen LogP contribution in [-0.2, 0) is 18.3 Å². The molecule has 158 valence electrons. The van der Waals surface area contributed by atoms with Gasteiger partial charge in [-0.2, -0.15) is 0 Å². The van der Waals surface area contributed by atoms with E-state index in [0.29, 0.717) is 0 Å². The number of hydrogen-bond donors (Lipinski definition) is 1. The normalized spacial score (nSPS) is 15.5. The van der Waals surface area contributed by atoms with Crippen LogP contribution < -0.4 is 10.4 Å². The molecule has 2 aromatic carbocycles. The number of aliphatic carboxylic acids is 1. The number of benzene rings is 2. The van der Waals surface area contributed by atoms with E-state index in [0.717, 1.165) is 10.4 Å². The van der Waals surface area contributed by atoms with Crippen LogP contribution in [-0.4, -0.2) is 38.8 Å². The number of carbonyl (C=O) groups is 1. The Morgan fingerprint density at radius 2 is 1.52 bits per heavy atom. The van der Waals surface area contributed by atoms with Gasteiger partial charge in [0.05, 0.1) is 18.7 Å². The molecule has 2 rings (SSSR count). The van der Waals surface area contributed by atoms with Crippen LogP contribution in [0.3, 0.4) is 0 Å². The highest BCUT2D eigenvalue weighted by atomic mass is 35.7. The Hall–Kier alpha value is -1.43. The van der Waals surface area contributed by atoms with E-state index in [2.05, 4.69) is 20.8 Å². The van der Waals surface area contributed by atoms with Gasteiger partial charge in [-0.05, 0) is 26.7 Å². The zero-order valence-electron chi connectivity index (χ0n) is 17.2. The first-order valence-corrected chi connectivity index (χ1v) is 14.0. The van der Waals surface area contributed by atoms with Gasteiger partial charge in [0.15, 0.2) is 0 Å². The van der Waals surface area contributed by atoms with Gasteiger partial charge in [-0.1, -0.05) is 81.4 Å². The molecular formula is C21H28ClO5PSi. The molecule has 0 fully saturated rings. The van der Waals surface area contributed by atoms with Crippen LogP contribution in [0, 0.1) is 0 Å². The average molecular weight is 455 g/mol. The molecule has 29 heavy (non-hydrogen) atoms. The van der Waals surface area contributed by atoms with Crippen LogP contribution in [0.25, 0.3) is 0 Å². The van der Waals surface area contributed by atoms with Crippen LogP contribution >= 0.6 is 18.0 Å². The van der Waals surface area contributed by atoms with E-state index in [4.69, 9.17) is 20.2 Å². The third kappa shape index (κ3) is 5.80. The summed E-state index contributed by atoms with van der Waals surface area (Å²) in [6.07, 6.45) is -1.35. The molecule has 0 heterocycles. The fourth-order valence-electron chi connectivity index (χ4n) is 3.60. The molecule has 2 unspecified atom stereocenters. The second-order valence-corrected chi connectivity index (χ2v) is 15.7. The second-order valence-electron chi connectivity index (χ2n) is 7.96. The molecular weight excluding hydrogens is 427 g/mol. The molecule has 0 saturated carbocycles. The number of carboxylic acids is 1. The maximum atomic E-state index is 12.5. The standard InChI is InChI=1S/C21H28ClO5PSi/c1-21(2,3)29(18-11-7-5-8-12-18,19-13-9-6-10-14-19)27-17(15-20(23)24)16-28(22,25)26-4/h5-14,17H,15-16H2,1-4H3,(H,23,24). The number of rotatable bonds is 9. The van der Waals surface area contributed by atoms with Gasteiger partial charge in [0.25, 0.3) is 15.0 Å². The van der Waals surface area contributed by atoms with E-state index in [-0.39, 0.29) is 17.6 Å².